The van der Waals surface area contributed by atoms with Gasteiger partial charge in [0.1, 0.15) is 4.90 Å². The number of halogens is 2. The van der Waals surface area contributed by atoms with Gasteiger partial charge in [-0.05, 0) is 24.3 Å². The molecule has 0 fully saturated rings. The first-order chi connectivity index (χ1) is 9.83. The second-order valence-corrected chi connectivity index (χ2v) is 6.44. The first-order valence-corrected chi connectivity index (χ1v) is 7.86. The number of aromatic carboxylic acids is 1. The highest BCUT2D eigenvalue weighted by atomic mass is 35.5. The summed E-state index contributed by atoms with van der Waals surface area (Å²) in [6.07, 6.45) is 0. The van der Waals surface area contributed by atoms with Crippen LogP contribution in [0.15, 0.2) is 47.4 Å². The van der Waals surface area contributed by atoms with Crippen LogP contribution in [0.4, 0.5) is 5.69 Å². The number of hydrogen-bond acceptors (Lipinski definition) is 3. The molecule has 0 saturated heterocycles. The van der Waals surface area contributed by atoms with Crippen LogP contribution in [0, 0.1) is 0 Å². The van der Waals surface area contributed by atoms with Crippen molar-refractivity contribution < 1.29 is 18.3 Å². The van der Waals surface area contributed by atoms with Gasteiger partial charge in [-0.25, -0.2) is 13.2 Å². The summed E-state index contributed by atoms with van der Waals surface area (Å²) in [5, 5.41) is 8.95. The minimum absolute atomic E-state index is 0.0530. The Morgan fingerprint density at radius 3 is 2.14 bits per heavy atom. The maximum absolute atomic E-state index is 12.3. The monoisotopic (exact) mass is 345 g/mol. The van der Waals surface area contributed by atoms with Gasteiger partial charge in [-0.2, -0.15) is 0 Å². The number of nitrogens with one attached hydrogen (secondary N) is 1. The lowest BCUT2D eigenvalue weighted by molar-refractivity contribution is 0.0698. The van der Waals surface area contributed by atoms with Crippen molar-refractivity contribution in [1.82, 2.24) is 0 Å². The van der Waals surface area contributed by atoms with Crippen molar-refractivity contribution in [3.63, 3.8) is 0 Å². The van der Waals surface area contributed by atoms with Gasteiger partial charge in [-0.1, -0.05) is 41.4 Å². The molecule has 0 aromatic heterocycles. The van der Waals surface area contributed by atoms with Gasteiger partial charge in [-0.3, -0.25) is 4.72 Å². The van der Waals surface area contributed by atoms with Gasteiger partial charge >= 0.3 is 5.97 Å². The lowest BCUT2D eigenvalue weighted by atomic mass is 10.2. The van der Waals surface area contributed by atoms with Crippen molar-refractivity contribution in [3.05, 3.63) is 58.1 Å². The lowest BCUT2D eigenvalue weighted by Crippen LogP contribution is -2.16. The highest BCUT2D eigenvalue weighted by Crippen LogP contribution is 2.31. The predicted octanol–water partition coefficient (Wildman–Crippen LogP) is 3.49. The Labute approximate surface area is 131 Å². The van der Waals surface area contributed by atoms with E-state index in [1.807, 2.05) is 0 Å². The van der Waals surface area contributed by atoms with E-state index in [-0.39, 0.29) is 26.2 Å². The Kier molecular flexibility index (Phi) is 4.41. The molecule has 8 heteroatoms. The molecular weight excluding hydrogens is 337 g/mol. The van der Waals surface area contributed by atoms with Crippen LogP contribution in [0.1, 0.15) is 10.4 Å². The normalized spacial score (nSPS) is 11.1. The predicted molar refractivity (Wildman–Crippen MR) is 80.7 cm³/mol. The van der Waals surface area contributed by atoms with Gasteiger partial charge in [0.25, 0.3) is 10.0 Å². The van der Waals surface area contributed by atoms with Crippen molar-refractivity contribution in [2.45, 2.75) is 4.90 Å². The molecule has 2 aromatic carbocycles. The number of benzene rings is 2. The summed E-state index contributed by atoms with van der Waals surface area (Å²) in [6, 6.07) is 9.90. The molecule has 2 rings (SSSR count). The molecule has 0 unspecified atom stereocenters. The van der Waals surface area contributed by atoms with Crippen LogP contribution in [0.5, 0.6) is 0 Å². The first kappa shape index (κ1) is 15.6. The van der Waals surface area contributed by atoms with Crippen molar-refractivity contribution in [2.75, 3.05) is 4.72 Å². The maximum atomic E-state index is 12.3. The van der Waals surface area contributed by atoms with Crippen LogP contribution in [-0.2, 0) is 10.0 Å². The van der Waals surface area contributed by atoms with E-state index in [0.717, 1.165) is 0 Å². The molecule has 0 radical (unpaired) electrons. The molecule has 0 aliphatic heterocycles. The molecule has 110 valence electrons. The van der Waals surface area contributed by atoms with E-state index in [4.69, 9.17) is 28.3 Å². The molecule has 5 nitrogen and oxygen atoms in total. The van der Waals surface area contributed by atoms with E-state index in [0.29, 0.717) is 0 Å². The summed E-state index contributed by atoms with van der Waals surface area (Å²) in [7, 11) is -4.11. The Morgan fingerprint density at radius 2 is 1.57 bits per heavy atom. The summed E-state index contributed by atoms with van der Waals surface area (Å²) < 4.78 is 26.9. The van der Waals surface area contributed by atoms with Crippen molar-refractivity contribution in [2.24, 2.45) is 0 Å². The van der Waals surface area contributed by atoms with E-state index < -0.39 is 16.0 Å². The van der Waals surface area contributed by atoms with Gasteiger partial charge in [-0.15, -0.1) is 0 Å². The molecule has 0 amide bonds. The minimum atomic E-state index is -4.11. The van der Waals surface area contributed by atoms with Crippen LogP contribution in [0.2, 0.25) is 10.0 Å². The average molecular weight is 346 g/mol. The minimum Gasteiger partial charge on any atom is -0.478 e. The molecule has 0 heterocycles. The van der Waals surface area contributed by atoms with Crippen LogP contribution in [0.25, 0.3) is 0 Å². The zero-order valence-corrected chi connectivity index (χ0v) is 12.7. The van der Waals surface area contributed by atoms with Gasteiger partial charge in [0.2, 0.25) is 0 Å². The highest BCUT2D eigenvalue weighted by molar-refractivity contribution is 7.93. The van der Waals surface area contributed by atoms with Crippen LogP contribution in [-0.4, -0.2) is 19.5 Å². The van der Waals surface area contributed by atoms with E-state index in [9.17, 15) is 13.2 Å². The Balaban J connectivity index is 2.51. The number of carboxylic acid groups (broad SMARTS) is 1. The molecule has 2 N–H and O–H groups in total. The average Bonchev–Trinajstić information content (AvgIpc) is 2.37. The quantitative estimate of drug-likeness (QED) is 0.888. The number of sulfonamides is 1. The summed E-state index contributed by atoms with van der Waals surface area (Å²) in [6.45, 7) is 0. The number of rotatable bonds is 4. The number of anilines is 1. The van der Waals surface area contributed by atoms with Gasteiger partial charge in [0.15, 0.2) is 0 Å². The topological polar surface area (TPSA) is 83.5 Å². The summed E-state index contributed by atoms with van der Waals surface area (Å²) in [4.78, 5) is 10.8. The second-order valence-electron chi connectivity index (χ2n) is 4.01. The molecule has 0 aliphatic rings. The number of para-hydroxylation sites is 1. The number of carboxylic acids is 1. The number of carbonyl (C=O) groups is 1. The van der Waals surface area contributed by atoms with Crippen molar-refractivity contribution >= 4 is 44.9 Å². The summed E-state index contributed by atoms with van der Waals surface area (Å²) >= 11 is 11.7. The second kappa shape index (κ2) is 5.93. The third kappa shape index (κ3) is 3.29. The molecule has 0 bridgehead atoms. The first-order valence-electron chi connectivity index (χ1n) is 5.62. The fourth-order valence-electron chi connectivity index (χ4n) is 1.69. The van der Waals surface area contributed by atoms with E-state index in [1.165, 1.54) is 42.5 Å². The van der Waals surface area contributed by atoms with Crippen molar-refractivity contribution in [3.8, 4) is 0 Å². The third-order valence-corrected chi connectivity index (χ3v) is 4.91. The summed E-state index contributed by atoms with van der Waals surface area (Å²) in [5.41, 5.74) is -0.245. The standard InChI is InChI=1S/C13H9Cl2NO4S/c14-9-5-3-6-10(15)12(9)21(19,20)16-11-7-2-1-4-8(11)13(17)18/h1-7,16H,(H,17,18). The van der Waals surface area contributed by atoms with Crippen LogP contribution < -0.4 is 4.72 Å². The maximum Gasteiger partial charge on any atom is 0.337 e. The largest absolute Gasteiger partial charge is 0.478 e. The molecule has 0 spiro atoms. The zero-order valence-electron chi connectivity index (χ0n) is 10.4. The summed E-state index contributed by atoms with van der Waals surface area (Å²) in [5.74, 6) is -1.25. The molecular formula is C13H9Cl2NO4S. The fraction of sp³-hybridized carbons (Fsp3) is 0. The Hall–Kier alpha value is -1.76. The molecule has 21 heavy (non-hydrogen) atoms. The van der Waals surface area contributed by atoms with Gasteiger partial charge in [0, 0.05) is 0 Å². The zero-order chi connectivity index (χ0) is 15.6. The van der Waals surface area contributed by atoms with Crippen LogP contribution in [0.3, 0.4) is 0 Å². The third-order valence-electron chi connectivity index (χ3n) is 2.59. The van der Waals surface area contributed by atoms with Crippen molar-refractivity contribution in [1.29, 1.82) is 0 Å². The molecule has 0 aliphatic carbocycles. The highest BCUT2D eigenvalue weighted by Gasteiger charge is 2.23. The lowest BCUT2D eigenvalue weighted by Gasteiger charge is -2.12. The van der Waals surface area contributed by atoms with Crippen LogP contribution >= 0.6 is 23.2 Å². The molecule has 0 atom stereocenters. The van der Waals surface area contributed by atoms with E-state index in [2.05, 4.69) is 4.72 Å². The fourth-order valence-corrected chi connectivity index (χ4v) is 3.92. The van der Waals surface area contributed by atoms with Gasteiger partial charge in [0.05, 0.1) is 21.3 Å². The van der Waals surface area contributed by atoms with E-state index >= 15 is 0 Å². The molecule has 2 aromatic rings. The number of hydrogen-bond donors (Lipinski definition) is 2. The SMILES string of the molecule is O=C(O)c1ccccc1NS(=O)(=O)c1c(Cl)cccc1Cl. The van der Waals surface area contributed by atoms with Gasteiger partial charge < -0.3 is 5.11 Å². The van der Waals surface area contributed by atoms with E-state index in [1.54, 1.807) is 0 Å². The smallest absolute Gasteiger partial charge is 0.337 e. The molecule has 0 saturated carbocycles. The Bertz CT molecular complexity index is 785. The Morgan fingerprint density at radius 1 is 1.00 bits per heavy atom.